The van der Waals surface area contributed by atoms with Crippen molar-refractivity contribution in [3.05, 3.63) is 41.2 Å². The van der Waals surface area contributed by atoms with Gasteiger partial charge in [-0.05, 0) is 18.7 Å². The number of aromatic nitrogens is 3. The first kappa shape index (κ1) is 17.7. The summed E-state index contributed by atoms with van der Waals surface area (Å²) in [6, 6.07) is 8.08. The Morgan fingerprint density at radius 3 is 2.74 bits per heavy atom. The lowest BCUT2D eigenvalue weighted by Gasteiger charge is -2.06. The minimum absolute atomic E-state index is 0.0516. The molecule has 0 fully saturated rings. The van der Waals surface area contributed by atoms with Gasteiger partial charge in [0.05, 0.1) is 5.75 Å². The summed E-state index contributed by atoms with van der Waals surface area (Å²) in [5.41, 5.74) is 2.28. The Hall–Kier alpha value is -1.67. The van der Waals surface area contributed by atoms with Gasteiger partial charge in [-0.1, -0.05) is 41.6 Å². The smallest absolute Gasteiger partial charge is 0.230 e. The van der Waals surface area contributed by atoms with Crippen LogP contribution in [0.2, 0.25) is 0 Å². The quantitative estimate of drug-likeness (QED) is 0.555. The molecule has 23 heavy (non-hydrogen) atoms. The Balaban J connectivity index is 1.78. The van der Waals surface area contributed by atoms with Gasteiger partial charge in [-0.25, -0.2) is 4.68 Å². The number of nitrogens with zero attached hydrogens (tertiary/aromatic N) is 3. The van der Waals surface area contributed by atoms with Crippen LogP contribution in [0.15, 0.2) is 29.4 Å². The number of carbonyl (C=O) groups is 1. The molecule has 124 valence electrons. The molecule has 0 aliphatic rings. The second-order valence-corrected chi connectivity index (χ2v) is 6.99. The number of carbonyl (C=O) groups excluding carboxylic acids is 1. The van der Waals surface area contributed by atoms with Crippen molar-refractivity contribution in [2.75, 3.05) is 23.6 Å². The van der Waals surface area contributed by atoms with E-state index in [0.29, 0.717) is 11.7 Å². The highest BCUT2D eigenvalue weighted by Gasteiger charge is 2.11. The van der Waals surface area contributed by atoms with Crippen LogP contribution in [0.4, 0.5) is 0 Å². The fraction of sp³-hybridized carbons (Fsp3) is 0.400. The third-order valence-electron chi connectivity index (χ3n) is 3.21. The zero-order valence-electron chi connectivity index (χ0n) is 13.3. The topological polar surface area (TPSA) is 85.8 Å². The fourth-order valence-corrected chi connectivity index (χ4v) is 2.95. The minimum Gasteiger partial charge on any atom is -0.351 e. The SMILES string of the molecule is CSCCc1nnc(SCC(=O)NCc2ccc(C)cc2)n1N. The monoisotopic (exact) mass is 351 g/mol. The van der Waals surface area contributed by atoms with E-state index in [1.807, 2.05) is 37.4 Å². The normalized spacial score (nSPS) is 10.7. The maximum Gasteiger partial charge on any atom is 0.230 e. The van der Waals surface area contributed by atoms with E-state index < -0.39 is 0 Å². The molecule has 1 aromatic carbocycles. The molecular weight excluding hydrogens is 330 g/mol. The van der Waals surface area contributed by atoms with Gasteiger partial charge in [0, 0.05) is 18.7 Å². The van der Waals surface area contributed by atoms with Gasteiger partial charge < -0.3 is 11.2 Å². The molecule has 1 amide bonds. The highest BCUT2D eigenvalue weighted by atomic mass is 32.2. The van der Waals surface area contributed by atoms with E-state index in [1.54, 1.807) is 11.8 Å². The van der Waals surface area contributed by atoms with Crippen LogP contribution in [-0.4, -0.2) is 38.5 Å². The van der Waals surface area contributed by atoms with Crippen LogP contribution in [0.5, 0.6) is 0 Å². The molecule has 0 spiro atoms. The van der Waals surface area contributed by atoms with E-state index in [1.165, 1.54) is 22.0 Å². The summed E-state index contributed by atoms with van der Waals surface area (Å²) in [6.07, 6.45) is 2.80. The van der Waals surface area contributed by atoms with Crippen LogP contribution < -0.4 is 11.2 Å². The third kappa shape index (κ3) is 5.47. The van der Waals surface area contributed by atoms with E-state index >= 15 is 0 Å². The number of aryl methyl sites for hydroxylation is 2. The Bertz CT molecular complexity index is 642. The standard InChI is InChI=1S/C15H21N5OS2/c1-11-3-5-12(6-4-11)9-17-14(21)10-23-15-19-18-13(20(15)16)7-8-22-2/h3-6H,7-10,16H2,1-2H3,(H,17,21). The maximum atomic E-state index is 11.9. The van der Waals surface area contributed by atoms with E-state index in [-0.39, 0.29) is 11.7 Å². The molecule has 0 bridgehead atoms. The first-order chi connectivity index (χ1) is 11.1. The van der Waals surface area contributed by atoms with E-state index in [4.69, 9.17) is 5.84 Å². The number of amides is 1. The van der Waals surface area contributed by atoms with Gasteiger partial charge in [-0.2, -0.15) is 11.8 Å². The zero-order chi connectivity index (χ0) is 16.7. The van der Waals surface area contributed by atoms with E-state index in [0.717, 1.165) is 23.6 Å². The minimum atomic E-state index is -0.0516. The average molecular weight is 352 g/mol. The second-order valence-electron chi connectivity index (χ2n) is 5.06. The van der Waals surface area contributed by atoms with Crippen molar-refractivity contribution in [1.29, 1.82) is 0 Å². The number of hydrogen-bond acceptors (Lipinski definition) is 6. The van der Waals surface area contributed by atoms with E-state index in [2.05, 4.69) is 15.5 Å². The molecule has 0 radical (unpaired) electrons. The number of rotatable bonds is 8. The third-order valence-corrected chi connectivity index (χ3v) is 4.76. The van der Waals surface area contributed by atoms with Crippen molar-refractivity contribution in [3.8, 4) is 0 Å². The lowest BCUT2D eigenvalue weighted by atomic mass is 10.1. The van der Waals surface area contributed by atoms with Crippen LogP contribution in [0.3, 0.4) is 0 Å². The molecule has 2 rings (SSSR count). The molecule has 0 saturated carbocycles. The summed E-state index contributed by atoms with van der Waals surface area (Å²) >= 11 is 3.02. The lowest BCUT2D eigenvalue weighted by molar-refractivity contribution is -0.118. The second kappa shape index (κ2) is 8.83. The summed E-state index contributed by atoms with van der Waals surface area (Å²) in [5.74, 6) is 7.83. The molecule has 2 aromatic rings. The summed E-state index contributed by atoms with van der Waals surface area (Å²) < 4.78 is 1.47. The van der Waals surface area contributed by atoms with Crippen molar-refractivity contribution < 1.29 is 4.79 Å². The maximum absolute atomic E-state index is 11.9. The molecule has 0 aliphatic carbocycles. The van der Waals surface area contributed by atoms with Crippen molar-refractivity contribution in [2.45, 2.75) is 25.0 Å². The average Bonchev–Trinajstić information content (AvgIpc) is 2.90. The van der Waals surface area contributed by atoms with E-state index in [9.17, 15) is 4.79 Å². The molecule has 6 nitrogen and oxygen atoms in total. The summed E-state index contributed by atoms with van der Waals surface area (Å²) in [4.78, 5) is 11.9. The van der Waals surface area contributed by atoms with Crippen LogP contribution in [0, 0.1) is 6.92 Å². The summed E-state index contributed by atoms with van der Waals surface area (Å²) in [5, 5.41) is 11.5. The number of nitrogens with two attached hydrogens (primary N) is 1. The molecule has 1 aromatic heterocycles. The van der Waals surface area contributed by atoms with Gasteiger partial charge in [0.25, 0.3) is 0 Å². The van der Waals surface area contributed by atoms with Crippen molar-refractivity contribution >= 4 is 29.4 Å². The largest absolute Gasteiger partial charge is 0.351 e. The van der Waals surface area contributed by atoms with Gasteiger partial charge in [0.1, 0.15) is 0 Å². The number of hydrogen-bond donors (Lipinski definition) is 2. The molecule has 3 N–H and O–H groups in total. The Morgan fingerprint density at radius 2 is 2.04 bits per heavy atom. The molecule has 0 unspecified atom stereocenters. The predicted octanol–water partition coefficient (Wildman–Crippen LogP) is 1.61. The Morgan fingerprint density at radius 1 is 1.30 bits per heavy atom. The van der Waals surface area contributed by atoms with Gasteiger partial charge in [-0.3, -0.25) is 4.79 Å². The van der Waals surface area contributed by atoms with Crippen molar-refractivity contribution in [2.24, 2.45) is 0 Å². The molecule has 0 saturated heterocycles. The molecule has 8 heteroatoms. The van der Waals surface area contributed by atoms with Gasteiger partial charge in [0.2, 0.25) is 11.1 Å². The number of thioether (sulfide) groups is 2. The highest BCUT2D eigenvalue weighted by molar-refractivity contribution is 7.99. The van der Waals surface area contributed by atoms with Crippen LogP contribution >= 0.6 is 23.5 Å². The Kier molecular flexibility index (Phi) is 6.79. The summed E-state index contributed by atoms with van der Waals surface area (Å²) in [6.45, 7) is 2.56. The highest BCUT2D eigenvalue weighted by Crippen LogP contribution is 2.15. The Labute approximate surface area is 144 Å². The first-order valence-electron chi connectivity index (χ1n) is 7.23. The summed E-state index contributed by atoms with van der Waals surface area (Å²) in [7, 11) is 0. The molecule has 0 aliphatic heterocycles. The fourth-order valence-electron chi connectivity index (χ4n) is 1.86. The van der Waals surface area contributed by atoms with Crippen molar-refractivity contribution in [1.82, 2.24) is 20.2 Å². The van der Waals surface area contributed by atoms with Crippen molar-refractivity contribution in [3.63, 3.8) is 0 Å². The van der Waals surface area contributed by atoms with Gasteiger partial charge in [0.15, 0.2) is 5.82 Å². The molecule has 1 heterocycles. The number of benzene rings is 1. The number of nitrogens with one attached hydrogen (secondary N) is 1. The van der Waals surface area contributed by atoms with Crippen LogP contribution in [0.25, 0.3) is 0 Å². The predicted molar refractivity (Wildman–Crippen MR) is 96.0 cm³/mol. The number of nitrogen functional groups attached to an aromatic ring is 1. The molecule has 0 atom stereocenters. The molecular formula is C15H21N5OS2. The lowest BCUT2D eigenvalue weighted by Crippen LogP contribution is -2.25. The van der Waals surface area contributed by atoms with Crippen LogP contribution in [-0.2, 0) is 17.8 Å². The first-order valence-corrected chi connectivity index (χ1v) is 9.61. The van der Waals surface area contributed by atoms with Crippen LogP contribution in [0.1, 0.15) is 17.0 Å². The van der Waals surface area contributed by atoms with Gasteiger partial charge in [-0.15, -0.1) is 10.2 Å². The zero-order valence-corrected chi connectivity index (χ0v) is 14.9. The van der Waals surface area contributed by atoms with Gasteiger partial charge >= 0.3 is 0 Å².